The standard InChI is InChI=1S/C17H26N4O2.C6H12/c1-2-9-21(10-4-3-8-20-17(22)23)11-7-14-5-6-16(19)15(12-14)13-18;1-2-4-6-5-3-1/h5-6,12,20H,2-4,7-11,19H2,1H3,(H,22,23);1-6H2. The summed E-state index contributed by atoms with van der Waals surface area (Å²) in [5.74, 6) is 0. The topological polar surface area (TPSA) is 102 Å². The Labute approximate surface area is 176 Å². The maximum Gasteiger partial charge on any atom is 0.404 e. The van der Waals surface area contributed by atoms with Crippen molar-refractivity contribution in [3.8, 4) is 6.07 Å². The van der Waals surface area contributed by atoms with Crippen molar-refractivity contribution in [2.24, 2.45) is 0 Å². The molecule has 0 radical (unpaired) electrons. The molecule has 0 unspecified atom stereocenters. The van der Waals surface area contributed by atoms with E-state index in [0.29, 0.717) is 17.8 Å². The minimum Gasteiger partial charge on any atom is -0.465 e. The monoisotopic (exact) mass is 402 g/mol. The fraction of sp³-hybridized carbons (Fsp3) is 0.652. The SMILES string of the molecule is C1CCCCC1.CCCN(CCCCNC(=O)O)CCc1ccc(N)c(C#N)c1. The first-order valence-corrected chi connectivity index (χ1v) is 11.0. The number of carboxylic acid groups (broad SMARTS) is 1. The molecule has 4 N–H and O–H groups in total. The molecule has 1 saturated carbocycles. The summed E-state index contributed by atoms with van der Waals surface area (Å²) in [5.41, 5.74) is 7.91. The lowest BCUT2D eigenvalue weighted by Gasteiger charge is -2.21. The van der Waals surface area contributed by atoms with Gasteiger partial charge in [-0.15, -0.1) is 0 Å². The second kappa shape index (κ2) is 15.6. The lowest BCUT2D eigenvalue weighted by Crippen LogP contribution is -2.29. The Kier molecular flexibility index (Phi) is 13.4. The summed E-state index contributed by atoms with van der Waals surface area (Å²) >= 11 is 0. The van der Waals surface area contributed by atoms with Crippen LogP contribution in [-0.4, -0.2) is 42.3 Å². The molecule has 1 amide bonds. The van der Waals surface area contributed by atoms with E-state index in [0.717, 1.165) is 50.9 Å². The van der Waals surface area contributed by atoms with Gasteiger partial charge in [-0.3, -0.25) is 0 Å². The van der Waals surface area contributed by atoms with Crippen LogP contribution in [0.25, 0.3) is 0 Å². The van der Waals surface area contributed by atoms with E-state index in [1.165, 1.54) is 38.5 Å². The number of nitrogen functional groups attached to an aromatic ring is 1. The van der Waals surface area contributed by atoms with E-state index >= 15 is 0 Å². The zero-order chi connectivity index (χ0) is 21.3. The van der Waals surface area contributed by atoms with Crippen LogP contribution in [0.4, 0.5) is 10.5 Å². The molecular weight excluding hydrogens is 364 g/mol. The Morgan fingerprint density at radius 1 is 1.14 bits per heavy atom. The van der Waals surface area contributed by atoms with Gasteiger partial charge in [-0.05, 0) is 56.5 Å². The fourth-order valence-corrected chi connectivity index (χ4v) is 3.51. The van der Waals surface area contributed by atoms with E-state index in [-0.39, 0.29) is 0 Å². The van der Waals surface area contributed by atoms with Crippen LogP contribution < -0.4 is 11.1 Å². The molecule has 0 aromatic heterocycles. The number of nitrogens with one attached hydrogen (secondary N) is 1. The molecule has 6 nitrogen and oxygen atoms in total. The molecule has 0 atom stereocenters. The van der Waals surface area contributed by atoms with Gasteiger partial charge in [0.1, 0.15) is 6.07 Å². The van der Waals surface area contributed by atoms with Crippen molar-refractivity contribution in [2.45, 2.75) is 71.1 Å². The molecule has 1 aromatic rings. The summed E-state index contributed by atoms with van der Waals surface area (Å²) in [7, 11) is 0. The highest BCUT2D eigenvalue weighted by atomic mass is 16.4. The van der Waals surface area contributed by atoms with Crippen molar-refractivity contribution in [2.75, 3.05) is 31.9 Å². The largest absolute Gasteiger partial charge is 0.465 e. The van der Waals surface area contributed by atoms with Gasteiger partial charge < -0.3 is 21.1 Å². The summed E-state index contributed by atoms with van der Waals surface area (Å²) < 4.78 is 0. The number of unbranched alkanes of at least 4 members (excludes halogenated alkanes) is 1. The molecule has 1 aliphatic rings. The van der Waals surface area contributed by atoms with Crippen molar-refractivity contribution in [3.63, 3.8) is 0 Å². The number of amides is 1. The lowest BCUT2D eigenvalue weighted by molar-refractivity contribution is 0.194. The Morgan fingerprint density at radius 2 is 1.79 bits per heavy atom. The maximum atomic E-state index is 10.4. The molecule has 0 saturated heterocycles. The van der Waals surface area contributed by atoms with E-state index in [1.807, 2.05) is 12.1 Å². The van der Waals surface area contributed by atoms with Crippen molar-refractivity contribution in [3.05, 3.63) is 29.3 Å². The van der Waals surface area contributed by atoms with Crippen molar-refractivity contribution in [1.82, 2.24) is 10.2 Å². The van der Waals surface area contributed by atoms with Crippen LogP contribution in [0.3, 0.4) is 0 Å². The molecule has 0 spiro atoms. The first kappa shape index (κ1) is 24.8. The van der Waals surface area contributed by atoms with Gasteiger partial charge >= 0.3 is 6.09 Å². The molecule has 1 aliphatic carbocycles. The van der Waals surface area contributed by atoms with Crippen molar-refractivity contribution >= 4 is 11.8 Å². The fourth-order valence-electron chi connectivity index (χ4n) is 3.51. The summed E-state index contributed by atoms with van der Waals surface area (Å²) in [6, 6.07) is 7.73. The molecular formula is C23H38N4O2. The number of nitriles is 1. The minimum absolute atomic E-state index is 0.499. The molecule has 0 aliphatic heterocycles. The van der Waals surface area contributed by atoms with E-state index in [9.17, 15) is 4.79 Å². The van der Waals surface area contributed by atoms with Crippen molar-refractivity contribution in [1.29, 1.82) is 5.26 Å². The summed E-state index contributed by atoms with van der Waals surface area (Å²) in [6.45, 7) is 5.55. The van der Waals surface area contributed by atoms with Gasteiger partial charge in [0.05, 0.1) is 5.56 Å². The van der Waals surface area contributed by atoms with Gasteiger partial charge in [-0.2, -0.15) is 5.26 Å². The number of hydrogen-bond donors (Lipinski definition) is 3. The predicted molar refractivity (Wildman–Crippen MR) is 119 cm³/mol. The molecule has 2 rings (SSSR count). The number of hydrogen-bond acceptors (Lipinski definition) is 4. The van der Waals surface area contributed by atoms with E-state index in [4.69, 9.17) is 16.1 Å². The van der Waals surface area contributed by atoms with Crippen LogP contribution in [-0.2, 0) is 6.42 Å². The zero-order valence-corrected chi connectivity index (χ0v) is 18.0. The highest BCUT2D eigenvalue weighted by Gasteiger charge is 2.06. The number of rotatable bonds is 10. The van der Waals surface area contributed by atoms with Crippen LogP contribution in [0.15, 0.2) is 18.2 Å². The highest BCUT2D eigenvalue weighted by Crippen LogP contribution is 2.15. The maximum absolute atomic E-state index is 10.4. The van der Waals surface area contributed by atoms with Crippen LogP contribution in [0.1, 0.15) is 75.8 Å². The smallest absolute Gasteiger partial charge is 0.404 e. The third kappa shape index (κ3) is 12.0. The van der Waals surface area contributed by atoms with Gasteiger partial charge in [0.25, 0.3) is 0 Å². The second-order valence-corrected chi connectivity index (χ2v) is 7.69. The number of nitrogens with zero attached hydrogens (tertiary/aromatic N) is 2. The Morgan fingerprint density at radius 3 is 2.34 bits per heavy atom. The van der Waals surface area contributed by atoms with Gasteiger partial charge in [-0.1, -0.05) is 51.5 Å². The molecule has 162 valence electrons. The Hall–Kier alpha value is -2.26. The van der Waals surface area contributed by atoms with E-state index in [1.54, 1.807) is 6.07 Å². The van der Waals surface area contributed by atoms with Gasteiger partial charge in [0.15, 0.2) is 0 Å². The van der Waals surface area contributed by atoms with Crippen molar-refractivity contribution < 1.29 is 9.90 Å². The predicted octanol–water partition coefficient (Wildman–Crippen LogP) is 4.78. The van der Waals surface area contributed by atoms with Crippen LogP contribution in [0, 0.1) is 11.3 Å². The Balaban J connectivity index is 0.000000594. The van der Waals surface area contributed by atoms with E-state index < -0.39 is 6.09 Å². The van der Waals surface area contributed by atoms with Gasteiger partial charge in [0.2, 0.25) is 0 Å². The molecule has 29 heavy (non-hydrogen) atoms. The molecule has 1 aromatic carbocycles. The van der Waals surface area contributed by atoms with E-state index in [2.05, 4.69) is 23.2 Å². The van der Waals surface area contributed by atoms with Gasteiger partial charge in [0, 0.05) is 18.8 Å². The lowest BCUT2D eigenvalue weighted by atomic mass is 10.0. The third-order valence-corrected chi connectivity index (χ3v) is 5.17. The molecule has 0 heterocycles. The van der Waals surface area contributed by atoms with Crippen LogP contribution >= 0.6 is 0 Å². The number of carbonyl (C=O) groups is 1. The van der Waals surface area contributed by atoms with Gasteiger partial charge in [-0.25, -0.2) is 4.79 Å². The number of benzene rings is 1. The summed E-state index contributed by atoms with van der Waals surface area (Å²) in [4.78, 5) is 12.8. The quantitative estimate of drug-likeness (QED) is 0.386. The zero-order valence-electron chi connectivity index (χ0n) is 18.0. The van der Waals surface area contributed by atoms with Crippen LogP contribution in [0.5, 0.6) is 0 Å². The third-order valence-electron chi connectivity index (χ3n) is 5.17. The first-order valence-electron chi connectivity index (χ1n) is 11.0. The average molecular weight is 403 g/mol. The molecule has 1 fully saturated rings. The highest BCUT2D eigenvalue weighted by molar-refractivity contribution is 5.64. The Bertz CT molecular complexity index is 612. The second-order valence-electron chi connectivity index (χ2n) is 7.69. The summed E-state index contributed by atoms with van der Waals surface area (Å²) in [6.07, 6.45) is 11.8. The van der Waals surface area contributed by atoms with Crippen LogP contribution in [0.2, 0.25) is 0 Å². The normalized spacial score (nSPS) is 13.3. The summed E-state index contributed by atoms with van der Waals surface area (Å²) in [5, 5.41) is 19.9. The average Bonchev–Trinajstić information content (AvgIpc) is 2.74. The first-order chi connectivity index (χ1) is 14.1. The molecule has 0 bridgehead atoms. The molecule has 6 heteroatoms. The number of nitrogens with two attached hydrogens (primary N) is 1. The number of anilines is 1. The minimum atomic E-state index is -0.966.